The summed E-state index contributed by atoms with van der Waals surface area (Å²) in [6.45, 7) is 2.50. The summed E-state index contributed by atoms with van der Waals surface area (Å²) in [7, 11) is -1.11. The second kappa shape index (κ2) is 11.5. The van der Waals surface area contributed by atoms with Gasteiger partial charge in [0.2, 0.25) is 21.9 Å². The Balaban J connectivity index is 1.66. The van der Waals surface area contributed by atoms with E-state index in [4.69, 9.17) is 25.8 Å². The van der Waals surface area contributed by atoms with Gasteiger partial charge in [0.15, 0.2) is 11.6 Å². The van der Waals surface area contributed by atoms with Gasteiger partial charge in [-0.1, -0.05) is 17.7 Å². The van der Waals surface area contributed by atoms with Gasteiger partial charge in [-0.25, -0.2) is 23.4 Å². The molecular weight excluding hydrogens is 510 g/mol. The fourth-order valence-electron chi connectivity index (χ4n) is 3.91. The van der Waals surface area contributed by atoms with Crippen molar-refractivity contribution in [2.24, 2.45) is 0 Å². The number of nitrogens with one attached hydrogen (secondary N) is 1. The summed E-state index contributed by atoms with van der Waals surface area (Å²) in [5.41, 5.74) is 0.487. The van der Waals surface area contributed by atoms with Gasteiger partial charge in [-0.15, -0.1) is 10.2 Å². The van der Waals surface area contributed by atoms with E-state index in [0.29, 0.717) is 35.6 Å². The SMILES string of the molecule is COc1cccc(-c2nnc(NS(=O)(=O)[C@@H](C)[C@H](OC)c3ncc(Cl)cn3)n2CC2CCCCO2)n1. The Labute approximate surface area is 214 Å². The number of methoxy groups -OCH3 is 2. The zero-order valence-electron chi connectivity index (χ0n) is 20.2. The number of sulfonamides is 1. The van der Waals surface area contributed by atoms with Crippen molar-refractivity contribution in [3.63, 3.8) is 0 Å². The molecule has 1 N–H and O–H groups in total. The van der Waals surface area contributed by atoms with Gasteiger partial charge < -0.3 is 14.2 Å². The first-order valence-corrected chi connectivity index (χ1v) is 13.3. The highest BCUT2D eigenvalue weighted by Gasteiger charge is 2.34. The van der Waals surface area contributed by atoms with Gasteiger partial charge in [-0.2, -0.15) is 0 Å². The normalized spacial score (nSPS) is 17.9. The molecule has 1 aliphatic rings. The Morgan fingerprint density at radius 3 is 2.67 bits per heavy atom. The van der Waals surface area contributed by atoms with Crippen molar-refractivity contribution in [1.29, 1.82) is 0 Å². The lowest BCUT2D eigenvalue weighted by molar-refractivity contribution is 0.00650. The molecule has 1 unspecified atom stereocenters. The summed E-state index contributed by atoms with van der Waals surface area (Å²) < 4.78 is 47.6. The number of hydrogen-bond acceptors (Lipinski definition) is 10. The minimum atomic E-state index is -4.03. The Morgan fingerprint density at radius 1 is 1.22 bits per heavy atom. The second-order valence-electron chi connectivity index (χ2n) is 8.28. The Bertz CT molecular complexity index is 1270. The maximum Gasteiger partial charge on any atom is 0.240 e. The second-order valence-corrected chi connectivity index (χ2v) is 10.8. The molecule has 12 nitrogen and oxygen atoms in total. The number of halogens is 1. The monoisotopic (exact) mass is 537 g/mol. The Kier molecular flexibility index (Phi) is 8.34. The van der Waals surface area contributed by atoms with Crippen molar-refractivity contribution < 1.29 is 22.6 Å². The molecule has 4 heterocycles. The first-order chi connectivity index (χ1) is 17.3. The highest BCUT2D eigenvalue weighted by molar-refractivity contribution is 7.93. The van der Waals surface area contributed by atoms with Crippen molar-refractivity contribution in [3.8, 4) is 17.4 Å². The van der Waals surface area contributed by atoms with Crippen LogP contribution in [0.25, 0.3) is 11.5 Å². The van der Waals surface area contributed by atoms with Crippen LogP contribution in [0.3, 0.4) is 0 Å². The summed E-state index contributed by atoms with van der Waals surface area (Å²) in [6.07, 6.45) is 4.56. The van der Waals surface area contributed by atoms with Crippen molar-refractivity contribution in [3.05, 3.63) is 41.4 Å². The van der Waals surface area contributed by atoms with Gasteiger partial charge in [0, 0.05) is 32.2 Å². The van der Waals surface area contributed by atoms with Crippen LogP contribution in [-0.2, 0) is 26.0 Å². The molecular formula is C22H28ClN7O5S. The van der Waals surface area contributed by atoms with Gasteiger partial charge in [0.05, 0.1) is 24.8 Å². The van der Waals surface area contributed by atoms with Gasteiger partial charge in [0.25, 0.3) is 0 Å². The third-order valence-electron chi connectivity index (χ3n) is 5.87. The molecule has 1 fully saturated rings. The number of hydrogen-bond donors (Lipinski definition) is 1. The lowest BCUT2D eigenvalue weighted by Crippen LogP contribution is -2.34. The number of pyridine rings is 1. The molecule has 3 aromatic rings. The van der Waals surface area contributed by atoms with Crippen LogP contribution in [0.15, 0.2) is 30.6 Å². The van der Waals surface area contributed by atoms with Gasteiger partial charge in [0.1, 0.15) is 17.0 Å². The van der Waals surface area contributed by atoms with Crippen molar-refractivity contribution in [2.45, 2.75) is 50.2 Å². The van der Waals surface area contributed by atoms with Crippen LogP contribution in [-0.4, -0.2) is 70.3 Å². The molecule has 0 aromatic carbocycles. The van der Waals surface area contributed by atoms with Crippen LogP contribution in [0.5, 0.6) is 5.88 Å². The Morgan fingerprint density at radius 2 is 2.00 bits per heavy atom. The van der Waals surface area contributed by atoms with Gasteiger partial charge in [-0.05, 0) is 32.3 Å². The molecule has 3 atom stereocenters. The average Bonchev–Trinajstić information content (AvgIpc) is 3.27. The molecule has 14 heteroatoms. The van der Waals surface area contributed by atoms with Crippen molar-refractivity contribution in [2.75, 3.05) is 25.5 Å². The third-order valence-corrected chi connectivity index (χ3v) is 7.76. The molecule has 0 aliphatic carbocycles. The van der Waals surface area contributed by atoms with Crippen LogP contribution < -0.4 is 9.46 Å². The number of ether oxygens (including phenoxy) is 3. The Hall–Kier alpha value is -2.87. The highest BCUT2D eigenvalue weighted by Crippen LogP contribution is 2.28. The maximum atomic E-state index is 13.4. The largest absolute Gasteiger partial charge is 0.481 e. The van der Waals surface area contributed by atoms with Crippen LogP contribution in [0.2, 0.25) is 5.02 Å². The summed E-state index contributed by atoms with van der Waals surface area (Å²) >= 11 is 5.87. The first-order valence-electron chi connectivity index (χ1n) is 11.4. The molecule has 4 rings (SSSR count). The van der Waals surface area contributed by atoms with E-state index in [-0.39, 0.29) is 17.9 Å². The van der Waals surface area contributed by atoms with Crippen LogP contribution in [0.4, 0.5) is 5.95 Å². The van der Waals surface area contributed by atoms with Crippen LogP contribution in [0.1, 0.15) is 38.1 Å². The van der Waals surface area contributed by atoms with Crippen LogP contribution in [0, 0.1) is 0 Å². The van der Waals surface area contributed by atoms with E-state index in [2.05, 4.69) is 29.9 Å². The highest BCUT2D eigenvalue weighted by atomic mass is 35.5. The molecule has 194 valence electrons. The number of aromatic nitrogens is 6. The predicted molar refractivity (Wildman–Crippen MR) is 132 cm³/mol. The zero-order chi connectivity index (χ0) is 25.7. The molecule has 0 bridgehead atoms. The summed E-state index contributed by atoms with van der Waals surface area (Å²) in [6, 6.07) is 5.24. The number of rotatable bonds is 10. The molecule has 0 radical (unpaired) electrons. The predicted octanol–water partition coefficient (Wildman–Crippen LogP) is 2.88. The van der Waals surface area contributed by atoms with Gasteiger partial charge >= 0.3 is 0 Å². The molecule has 1 aliphatic heterocycles. The van der Waals surface area contributed by atoms with Crippen molar-refractivity contribution >= 4 is 27.6 Å². The van der Waals surface area contributed by atoms with E-state index in [1.165, 1.54) is 33.5 Å². The van der Waals surface area contributed by atoms with E-state index >= 15 is 0 Å². The quantitative estimate of drug-likeness (QED) is 0.410. The molecule has 1 saturated heterocycles. The summed E-state index contributed by atoms with van der Waals surface area (Å²) in [4.78, 5) is 12.7. The van der Waals surface area contributed by atoms with E-state index in [0.717, 1.165) is 19.3 Å². The molecule has 3 aromatic heterocycles. The topological polar surface area (TPSA) is 143 Å². The minimum Gasteiger partial charge on any atom is -0.481 e. The molecule has 0 amide bonds. The first kappa shape index (κ1) is 26.2. The lowest BCUT2D eigenvalue weighted by Gasteiger charge is -2.25. The lowest BCUT2D eigenvalue weighted by atomic mass is 10.1. The number of nitrogens with zero attached hydrogens (tertiary/aromatic N) is 6. The smallest absolute Gasteiger partial charge is 0.240 e. The van der Waals surface area contributed by atoms with E-state index in [9.17, 15) is 8.42 Å². The van der Waals surface area contributed by atoms with Crippen LogP contribution >= 0.6 is 11.6 Å². The minimum absolute atomic E-state index is 0.0440. The average molecular weight is 538 g/mol. The molecule has 0 saturated carbocycles. The zero-order valence-corrected chi connectivity index (χ0v) is 21.7. The van der Waals surface area contributed by atoms with E-state index in [1.54, 1.807) is 22.8 Å². The standard InChI is InChI=1S/C22H28ClN7O5S/c1-14(19(34-3)20-24-11-15(23)12-25-20)36(31,32)29-22-28-27-21(17-8-6-9-18(26-17)33-2)30(22)13-16-7-4-5-10-35-16/h6,8-9,11-12,14,16,19H,4-5,7,10,13H2,1-3H3,(H,28,29)/t14-,16?,19-/m0/s1. The molecule has 36 heavy (non-hydrogen) atoms. The fraction of sp³-hybridized carbons (Fsp3) is 0.500. The fourth-order valence-corrected chi connectivity index (χ4v) is 5.16. The summed E-state index contributed by atoms with van der Waals surface area (Å²) in [5.74, 6) is 1.02. The van der Waals surface area contributed by atoms with Crippen molar-refractivity contribution in [1.82, 2.24) is 29.7 Å². The van der Waals surface area contributed by atoms with E-state index < -0.39 is 21.4 Å². The third kappa shape index (κ3) is 5.91. The molecule has 0 spiro atoms. The van der Waals surface area contributed by atoms with Gasteiger partial charge in [-0.3, -0.25) is 9.29 Å². The van der Waals surface area contributed by atoms with E-state index in [1.807, 2.05) is 0 Å². The maximum absolute atomic E-state index is 13.4. The summed E-state index contributed by atoms with van der Waals surface area (Å²) in [5, 5.41) is 7.65. The number of anilines is 1.